The van der Waals surface area contributed by atoms with E-state index in [0.29, 0.717) is 46.3 Å². The first-order chi connectivity index (χ1) is 19.8. The second-order valence-corrected chi connectivity index (χ2v) is 14.5. The number of aryl methyl sites for hydroxylation is 1. The van der Waals surface area contributed by atoms with Gasteiger partial charge >= 0.3 is 5.97 Å². The van der Waals surface area contributed by atoms with Crippen molar-refractivity contribution in [2.75, 3.05) is 19.9 Å². The van der Waals surface area contributed by atoms with Crippen molar-refractivity contribution < 1.29 is 28.1 Å². The zero-order valence-electron chi connectivity index (χ0n) is 25.6. The molecule has 0 radical (unpaired) electrons. The van der Waals surface area contributed by atoms with E-state index < -0.39 is 19.2 Å². The lowest BCUT2D eigenvalue weighted by molar-refractivity contribution is 0.0733. The predicted octanol–water partition coefficient (Wildman–Crippen LogP) is 7.44. The number of esters is 1. The molecule has 7 nitrogen and oxygen atoms in total. The molecular weight excluding hydrogens is 554 g/mol. The number of rotatable bonds is 12. The zero-order chi connectivity index (χ0) is 30.8. The number of methoxy groups -OCH3 is 1. The van der Waals surface area contributed by atoms with Gasteiger partial charge in [0.25, 0.3) is 0 Å². The lowest BCUT2D eigenvalue weighted by Crippen LogP contribution is -2.36. The number of halogens is 1. The fraction of sp³-hybridized carbons (Fsp3) is 0.455. The van der Waals surface area contributed by atoms with Gasteiger partial charge in [0, 0.05) is 43.1 Å². The van der Waals surface area contributed by atoms with Crippen LogP contribution in [-0.4, -0.2) is 52.8 Å². The van der Waals surface area contributed by atoms with Gasteiger partial charge in [-0.3, -0.25) is 9.46 Å². The molecule has 1 fully saturated rings. The van der Waals surface area contributed by atoms with Gasteiger partial charge in [0.15, 0.2) is 7.37 Å². The number of carbonyl (C=O) groups excluding carboxylic acids is 1. The van der Waals surface area contributed by atoms with Crippen molar-refractivity contribution in [3.8, 4) is 22.8 Å². The second-order valence-electron chi connectivity index (χ2n) is 12.0. The van der Waals surface area contributed by atoms with Crippen molar-refractivity contribution in [3.63, 3.8) is 0 Å². The molecule has 4 rings (SSSR count). The number of hydrogen-bond acceptors (Lipinski definition) is 6. The first-order valence-corrected chi connectivity index (χ1v) is 16.8. The van der Waals surface area contributed by atoms with E-state index >= 15 is 4.39 Å². The van der Waals surface area contributed by atoms with Crippen LogP contribution in [0.25, 0.3) is 11.1 Å². The number of benzene rings is 2. The molecule has 0 spiro atoms. The van der Waals surface area contributed by atoms with Gasteiger partial charge in [0.05, 0.1) is 18.9 Å². The number of aromatic nitrogens is 1. The smallest absolute Gasteiger partial charge is 0.343 e. The molecule has 0 bridgehead atoms. The number of ether oxygens (including phenoxy) is 2. The van der Waals surface area contributed by atoms with E-state index in [1.807, 2.05) is 25.1 Å². The molecule has 0 amide bonds. The van der Waals surface area contributed by atoms with E-state index in [1.54, 1.807) is 24.3 Å². The van der Waals surface area contributed by atoms with Crippen LogP contribution < -0.4 is 9.47 Å². The summed E-state index contributed by atoms with van der Waals surface area (Å²) in [6.45, 7) is 12.1. The molecule has 1 aliphatic rings. The molecule has 9 heteroatoms. The Morgan fingerprint density at radius 3 is 2.40 bits per heavy atom. The van der Waals surface area contributed by atoms with Crippen LogP contribution in [0, 0.1) is 18.7 Å². The monoisotopic (exact) mass is 596 g/mol. The highest BCUT2D eigenvalue weighted by Crippen LogP contribution is 2.50. The van der Waals surface area contributed by atoms with Gasteiger partial charge < -0.3 is 14.4 Å². The summed E-state index contributed by atoms with van der Waals surface area (Å²) in [6, 6.07) is 12.9. The van der Waals surface area contributed by atoms with Gasteiger partial charge in [-0.2, -0.15) is 0 Å². The van der Waals surface area contributed by atoms with Gasteiger partial charge in [-0.05, 0) is 99.7 Å². The standard InChI is InChI=1S/C33H42FN2O5P/c1-20(2)36(21(3)4)18-25-15-27(22(5)13-28(25)29-16-32(40-6)35-17-31(29)34)33(37)41-26-10-8-9-24(14-26)30(23-11-12-23)19-42(7,38)39/h8-10,13-17,20-21,23,30H,11-12,18-19H2,1-7H3,(H,38,39). The Hall–Kier alpha value is -3.06. The third kappa shape index (κ3) is 7.85. The molecular formula is C33H42FN2O5P. The topological polar surface area (TPSA) is 89.0 Å². The first kappa shape index (κ1) is 31.9. The van der Waals surface area contributed by atoms with Crippen LogP contribution in [0.1, 0.15) is 73.5 Å². The number of nitrogens with zero attached hydrogens (tertiary/aromatic N) is 2. The van der Waals surface area contributed by atoms with Crippen LogP contribution in [0.2, 0.25) is 0 Å². The molecule has 42 heavy (non-hydrogen) atoms. The predicted molar refractivity (Wildman–Crippen MR) is 164 cm³/mol. The molecule has 1 N–H and O–H groups in total. The molecule has 2 aromatic carbocycles. The SMILES string of the molecule is COc1cc(-c2cc(C)c(C(=O)Oc3cccc(C(CP(C)(=O)O)C4CC4)c3)cc2CN(C(C)C)C(C)C)c(F)cn1. The maximum Gasteiger partial charge on any atom is 0.343 e. The summed E-state index contributed by atoms with van der Waals surface area (Å²) in [6.07, 6.45) is 3.40. The highest BCUT2D eigenvalue weighted by atomic mass is 31.2. The molecule has 2 unspecified atom stereocenters. The van der Waals surface area contributed by atoms with E-state index in [1.165, 1.54) is 13.8 Å². The van der Waals surface area contributed by atoms with Crippen molar-refractivity contribution in [2.45, 2.75) is 72.0 Å². The third-order valence-electron chi connectivity index (χ3n) is 7.90. The third-order valence-corrected chi connectivity index (χ3v) is 8.97. The normalized spacial score (nSPS) is 15.6. The van der Waals surface area contributed by atoms with E-state index in [-0.39, 0.29) is 24.2 Å². The Morgan fingerprint density at radius 1 is 1.12 bits per heavy atom. The van der Waals surface area contributed by atoms with Gasteiger partial charge in [-0.25, -0.2) is 14.2 Å². The van der Waals surface area contributed by atoms with Crippen molar-refractivity contribution in [1.29, 1.82) is 0 Å². The number of hydrogen-bond donors (Lipinski definition) is 1. The van der Waals surface area contributed by atoms with Crippen molar-refractivity contribution in [2.24, 2.45) is 5.92 Å². The average Bonchev–Trinajstić information content (AvgIpc) is 3.76. The highest BCUT2D eigenvalue weighted by Gasteiger charge is 2.35. The van der Waals surface area contributed by atoms with Crippen LogP contribution in [0.4, 0.5) is 4.39 Å². The van der Waals surface area contributed by atoms with Gasteiger partial charge in [0.2, 0.25) is 5.88 Å². The summed E-state index contributed by atoms with van der Waals surface area (Å²) in [5.74, 6) is 0.000325. The van der Waals surface area contributed by atoms with E-state index in [2.05, 4.69) is 37.6 Å². The Bertz CT molecular complexity index is 1470. The van der Waals surface area contributed by atoms with Gasteiger partial charge in [0.1, 0.15) is 11.6 Å². The van der Waals surface area contributed by atoms with Crippen LogP contribution in [0.15, 0.2) is 48.7 Å². The molecule has 1 aromatic heterocycles. The molecule has 0 aliphatic heterocycles. The Labute approximate surface area is 248 Å². The fourth-order valence-electron chi connectivity index (χ4n) is 5.61. The molecule has 0 saturated heterocycles. The van der Waals surface area contributed by atoms with Crippen molar-refractivity contribution in [1.82, 2.24) is 9.88 Å². The van der Waals surface area contributed by atoms with Crippen molar-refractivity contribution >= 4 is 13.3 Å². The molecule has 226 valence electrons. The molecule has 1 heterocycles. The highest BCUT2D eigenvalue weighted by molar-refractivity contribution is 7.57. The maximum absolute atomic E-state index is 15.1. The van der Waals surface area contributed by atoms with E-state index in [0.717, 1.165) is 30.2 Å². The summed E-state index contributed by atoms with van der Waals surface area (Å²) in [5.41, 5.74) is 3.73. The van der Waals surface area contributed by atoms with Gasteiger partial charge in [-0.1, -0.05) is 18.2 Å². The Morgan fingerprint density at radius 2 is 1.81 bits per heavy atom. The van der Waals surface area contributed by atoms with E-state index in [9.17, 15) is 14.3 Å². The Balaban J connectivity index is 1.71. The van der Waals surface area contributed by atoms with Crippen LogP contribution in [-0.2, 0) is 11.1 Å². The summed E-state index contributed by atoms with van der Waals surface area (Å²) in [5, 5.41) is 0. The second kappa shape index (κ2) is 13.1. The summed E-state index contributed by atoms with van der Waals surface area (Å²) < 4.78 is 38.5. The molecule has 1 saturated carbocycles. The molecule has 1 aliphatic carbocycles. The maximum atomic E-state index is 15.1. The van der Waals surface area contributed by atoms with E-state index in [4.69, 9.17) is 9.47 Å². The minimum Gasteiger partial charge on any atom is -0.481 e. The number of carbonyl (C=O) groups is 1. The summed E-state index contributed by atoms with van der Waals surface area (Å²) in [4.78, 5) is 29.9. The fourth-order valence-corrected chi connectivity index (χ4v) is 6.85. The largest absolute Gasteiger partial charge is 0.481 e. The lowest BCUT2D eigenvalue weighted by Gasteiger charge is -2.31. The van der Waals surface area contributed by atoms with Gasteiger partial charge in [-0.15, -0.1) is 0 Å². The Kier molecular flexibility index (Phi) is 9.92. The minimum absolute atomic E-state index is 0.0533. The molecule has 2 atom stereocenters. The summed E-state index contributed by atoms with van der Waals surface area (Å²) in [7, 11) is -1.73. The molecule has 3 aromatic rings. The quantitative estimate of drug-likeness (QED) is 0.132. The van der Waals surface area contributed by atoms with Crippen LogP contribution >= 0.6 is 7.37 Å². The lowest BCUT2D eigenvalue weighted by atomic mass is 9.93. The van der Waals surface area contributed by atoms with Crippen LogP contribution in [0.3, 0.4) is 0 Å². The minimum atomic E-state index is -3.22. The average molecular weight is 597 g/mol. The van der Waals surface area contributed by atoms with Crippen LogP contribution in [0.5, 0.6) is 11.6 Å². The first-order valence-electron chi connectivity index (χ1n) is 14.5. The summed E-state index contributed by atoms with van der Waals surface area (Å²) >= 11 is 0. The van der Waals surface area contributed by atoms with Crippen molar-refractivity contribution in [3.05, 3.63) is 76.7 Å². The zero-order valence-corrected chi connectivity index (χ0v) is 26.5. The number of pyridine rings is 1.